The van der Waals surface area contributed by atoms with Gasteiger partial charge in [0.1, 0.15) is 36.3 Å². The summed E-state index contributed by atoms with van der Waals surface area (Å²) in [4.78, 5) is 52.0. The molecule has 3 aliphatic rings. The maximum Gasteiger partial charge on any atom is 0.222 e. The van der Waals surface area contributed by atoms with Gasteiger partial charge >= 0.3 is 0 Å². The van der Waals surface area contributed by atoms with E-state index in [1.54, 1.807) is 11.8 Å². The molecule has 2 aliphatic heterocycles. The standard InChI is InChI=1S/C33H57N3O13/c1-19-16-22(28(43)29(44)26(19)41)47-14-10-34-23(38)17-33(8-12-36(13-9-33)25(40)7-5-4-6-20(2)37)18-24(39)35-11-15-48-32-31(46)30(45)27(42)21(3)49-32/h19,21-22,26-32,41-46H,4-18H2,1-3H3,(H,34,38)(H,35,39)/t19-,21+,22-,26-,27-,28-,29-,30-,31+,32-/m1/s1. The van der Waals surface area contributed by atoms with Crippen molar-refractivity contribution in [2.75, 3.05) is 39.4 Å². The summed E-state index contributed by atoms with van der Waals surface area (Å²) in [5, 5.41) is 65.8. The average molecular weight is 704 g/mol. The number of rotatable bonds is 17. The smallest absolute Gasteiger partial charge is 0.222 e. The molecule has 0 radical (unpaired) electrons. The van der Waals surface area contributed by atoms with Gasteiger partial charge in [0, 0.05) is 51.9 Å². The number of amides is 3. The van der Waals surface area contributed by atoms with Crippen LogP contribution < -0.4 is 10.6 Å². The predicted octanol–water partition coefficient (Wildman–Crippen LogP) is -1.89. The van der Waals surface area contributed by atoms with E-state index in [0.717, 1.165) is 0 Å². The molecule has 0 aromatic rings. The Balaban J connectivity index is 1.51. The van der Waals surface area contributed by atoms with Crippen molar-refractivity contribution in [1.82, 2.24) is 15.5 Å². The number of carbonyl (C=O) groups excluding carboxylic acids is 4. The topological polar surface area (TPSA) is 245 Å². The molecule has 16 heteroatoms. The lowest BCUT2D eigenvalue weighted by Gasteiger charge is -2.41. The van der Waals surface area contributed by atoms with Gasteiger partial charge in [-0.25, -0.2) is 0 Å². The van der Waals surface area contributed by atoms with Crippen molar-refractivity contribution >= 4 is 23.5 Å². The number of hydrogen-bond acceptors (Lipinski definition) is 13. The van der Waals surface area contributed by atoms with E-state index in [1.807, 2.05) is 0 Å². The summed E-state index contributed by atoms with van der Waals surface area (Å²) >= 11 is 0. The Morgan fingerprint density at radius 3 is 1.90 bits per heavy atom. The Morgan fingerprint density at radius 2 is 1.31 bits per heavy atom. The van der Waals surface area contributed by atoms with Crippen LogP contribution in [-0.4, -0.2) is 154 Å². The number of hydrogen-bond donors (Lipinski definition) is 8. The van der Waals surface area contributed by atoms with Crippen LogP contribution in [-0.2, 0) is 33.4 Å². The third-order valence-electron chi connectivity index (χ3n) is 9.96. The molecule has 2 saturated heterocycles. The van der Waals surface area contributed by atoms with Gasteiger partial charge in [0.05, 0.1) is 31.5 Å². The molecule has 282 valence electrons. The maximum atomic E-state index is 13.1. The van der Waals surface area contributed by atoms with Gasteiger partial charge in [0.25, 0.3) is 0 Å². The highest BCUT2D eigenvalue weighted by Gasteiger charge is 2.43. The molecule has 8 N–H and O–H groups in total. The zero-order valence-corrected chi connectivity index (χ0v) is 28.9. The van der Waals surface area contributed by atoms with E-state index in [1.165, 1.54) is 13.8 Å². The van der Waals surface area contributed by atoms with Crippen LogP contribution in [0.2, 0.25) is 0 Å². The Morgan fingerprint density at radius 1 is 0.755 bits per heavy atom. The molecule has 3 fully saturated rings. The Labute approximate surface area is 287 Å². The summed E-state index contributed by atoms with van der Waals surface area (Å²) < 4.78 is 16.6. The SMILES string of the molecule is CC(=O)CCCCC(=O)N1CCC(CC(=O)NCCO[C@@H]2O[C@@H](C)[C@@H](O)[C@@H](O)[C@@H]2O)(CC(=O)NCCO[C@@H]2C[C@@H](C)[C@@H](O)[C@@H](O)[C@@H]2O)CC1. The van der Waals surface area contributed by atoms with Crippen LogP contribution in [0.1, 0.15) is 78.6 Å². The van der Waals surface area contributed by atoms with E-state index in [4.69, 9.17) is 14.2 Å². The highest BCUT2D eigenvalue weighted by molar-refractivity contribution is 5.81. The van der Waals surface area contributed by atoms with Crippen molar-refractivity contribution in [1.29, 1.82) is 0 Å². The number of piperidine rings is 1. The van der Waals surface area contributed by atoms with Gasteiger partial charge in [0.2, 0.25) is 17.7 Å². The molecule has 1 saturated carbocycles. The van der Waals surface area contributed by atoms with E-state index in [9.17, 15) is 49.8 Å². The molecule has 49 heavy (non-hydrogen) atoms. The van der Waals surface area contributed by atoms with E-state index in [2.05, 4.69) is 10.6 Å². The molecule has 0 aromatic heterocycles. The third kappa shape index (κ3) is 12.2. The number of aliphatic hydroxyl groups is 6. The van der Waals surface area contributed by atoms with Crippen LogP contribution in [0.25, 0.3) is 0 Å². The number of likely N-dealkylation sites (tertiary alicyclic amines) is 1. The minimum Gasteiger partial charge on any atom is -0.390 e. The lowest BCUT2D eigenvalue weighted by molar-refractivity contribution is -0.292. The molecule has 16 nitrogen and oxygen atoms in total. The van der Waals surface area contributed by atoms with E-state index in [0.29, 0.717) is 58.0 Å². The molecule has 3 amide bonds. The monoisotopic (exact) mass is 703 g/mol. The second kappa shape index (κ2) is 19.4. The van der Waals surface area contributed by atoms with Gasteiger partial charge in [-0.05, 0) is 57.3 Å². The van der Waals surface area contributed by atoms with E-state index in [-0.39, 0.29) is 68.6 Å². The summed E-state index contributed by atoms with van der Waals surface area (Å²) in [5.41, 5.74) is -0.741. The molecule has 10 atom stereocenters. The highest BCUT2D eigenvalue weighted by atomic mass is 16.7. The van der Waals surface area contributed by atoms with Crippen LogP contribution in [0.15, 0.2) is 0 Å². The number of ether oxygens (including phenoxy) is 3. The van der Waals surface area contributed by atoms with Crippen molar-refractivity contribution in [3.05, 3.63) is 0 Å². The molecule has 3 rings (SSSR count). The van der Waals surface area contributed by atoms with Crippen LogP contribution in [0.3, 0.4) is 0 Å². The molecule has 0 bridgehead atoms. The number of aliphatic hydroxyl groups excluding tert-OH is 6. The molecular weight excluding hydrogens is 646 g/mol. The first-order valence-electron chi connectivity index (χ1n) is 17.4. The van der Waals surface area contributed by atoms with Gasteiger partial charge in [0.15, 0.2) is 6.29 Å². The highest BCUT2D eigenvalue weighted by Crippen LogP contribution is 2.39. The Hall–Kier alpha value is -2.28. The Bertz CT molecular complexity index is 1030. The minimum atomic E-state index is -1.47. The van der Waals surface area contributed by atoms with Crippen molar-refractivity contribution in [2.45, 2.75) is 134 Å². The average Bonchev–Trinajstić information content (AvgIpc) is 3.05. The van der Waals surface area contributed by atoms with Gasteiger partial charge in [-0.3, -0.25) is 14.4 Å². The predicted molar refractivity (Wildman–Crippen MR) is 172 cm³/mol. The van der Waals surface area contributed by atoms with Crippen LogP contribution >= 0.6 is 0 Å². The first-order chi connectivity index (χ1) is 23.1. The minimum absolute atomic E-state index is 0.00836. The van der Waals surface area contributed by atoms with Crippen LogP contribution in [0.5, 0.6) is 0 Å². The Kier molecular flexibility index (Phi) is 16.3. The molecular formula is C33H57N3O13. The summed E-state index contributed by atoms with van der Waals surface area (Å²) in [5.74, 6) is -0.866. The second-order valence-electron chi connectivity index (χ2n) is 14.0. The number of carbonyl (C=O) groups is 4. The van der Waals surface area contributed by atoms with Crippen molar-refractivity contribution in [2.24, 2.45) is 11.3 Å². The normalized spacial score (nSPS) is 33.1. The van der Waals surface area contributed by atoms with E-state index >= 15 is 0 Å². The molecule has 2 heterocycles. The molecule has 1 aliphatic carbocycles. The van der Waals surface area contributed by atoms with Crippen LogP contribution in [0.4, 0.5) is 0 Å². The van der Waals surface area contributed by atoms with Gasteiger partial charge in [-0.1, -0.05) is 6.92 Å². The number of unbranched alkanes of at least 4 members (excludes halogenated alkanes) is 1. The first-order valence-corrected chi connectivity index (χ1v) is 17.4. The number of nitrogens with one attached hydrogen (secondary N) is 2. The van der Waals surface area contributed by atoms with Crippen molar-refractivity contribution < 1.29 is 64.0 Å². The molecule has 0 aromatic carbocycles. The number of nitrogens with zero attached hydrogens (tertiary/aromatic N) is 1. The lowest BCUT2D eigenvalue weighted by atomic mass is 9.72. The zero-order chi connectivity index (χ0) is 36.3. The van der Waals surface area contributed by atoms with Crippen molar-refractivity contribution in [3.63, 3.8) is 0 Å². The summed E-state index contributed by atoms with van der Waals surface area (Å²) in [6.07, 6.45) is -7.24. The maximum absolute atomic E-state index is 13.1. The zero-order valence-electron chi connectivity index (χ0n) is 28.9. The second-order valence-corrected chi connectivity index (χ2v) is 14.0. The summed E-state index contributed by atoms with van der Waals surface area (Å²) in [6, 6.07) is 0. The van der Waals surface area contributed by atoms with Gasteiger partial charge in [-0.15, -0.1) is 0 Å². The van der Waals surface area contributed by atoms with Crippen LogP contribution in [0, 0.1) is 11.3 Å². The first kappa shape index (κ1) is 41.1. The lowest BCUT2D eigenvalue weighted by Crippen LogP contribution is -2.57. The van der Waals surface area contributed by atoms with Gasteiger partial charge < -0.3 is 65.2 Å². The molecule has 0 unspecified atom stereocenters. The fourth-order valence-electron chi connectivity index (χ4n) is 6.75. The van der Waals surface area contributed by atoms with Gasteiger partial charge in [-0.2, -0.15) is 0 Å². The van der Waals surface area contributed by atoms with E-state index < -0.39 is 60.5 Å². The quantitative estimate of drug-likeness (QED) is 0.0774. The number of ketones is 1. The summed E-state index contributed by atoms with van der Waals surface area (Å²) in [6.45, 7) is 5.74. The fourth-order valence-corrected chi connectivity index (χ4v) is 6.75. The number of Topliss-reactive ketones (excluding diaryl/α,β-unsaturated/α-hetero) is 1. The fraction of sp³-hybridized carbons (Fsp3) is 0.879. The van der Waals surface area contributed by atoms with Crippen molar-refractivity contribution in [3.8, 4) is 0 Å². The third-order valence-corrected chi connectivity index (χ3v) is 9.96. The summed E-state index contributed by atoms with van der Waals surface area (Å²) in [7, 11) is 0. The molecule has 0 spiro atoms. The largest absolute Gasteiger partial charge is 0.390 e.